The van der Waals surface area contributed by atoms with Crippen LogP contribution in [-0.4, -0.2) is 68.6 Å². The van der Waals surface area contributed by atoms with Crippen molar-refractivity contribution in [3.8, 4) is 0 Å². The van der Waals surface area contributed by atoms with Gasteiger partial charge in [-0.05, 0) is 55.4 Å². The van der Waals surface area contributed by atoms with Crippen LogP contribution in [0.3, 0.4) is 0 Å². The van der Waals surface area contributed by atoms with Gasteiger partial charge in [0, 0.05) is 27.3 Å². The maximum absolute atomic E-state index is 14.3. The van der Waals surface area contributed by atoms with Crippen molar-refractivity contribution in [1.82, 2.24) is 0 Å². The number of rotatable bonds is 7. The fraction of sp³-hybridized carbons (Fsp3) is 0.897. The van der Waals surface area contributed by atoms with E-state index in [1.807, 2.05) is 19.6 Å². The number of halogens is 2. The lowest BCUT2D eigenvalue weighted by Crippen LogP contribution is -2.43. The van der Waals surface area contributed by atoms with E-state index in [-0.39, 0.29) is 43.5 Å². The molecule has 0 N–H and O–H groups in total. The first-order chi connectivity index (χ1) is 19.2. The Labute approximate surface area is 240 Å². The quantitative estimate of drug-likeness (QED) is 0.235. The summed E-state index contributed by atoms with van der Waals surface area (Å²) < 4.78 is 62.9. The predicted molar refractivity (Wildman–Crippen MR) is 141 cm³/mol. The molecular weight excluding hydrogens is 558 g/mol. The molecule has 3 saturated carbocycles. The van der Waals surface area contributed by atoms with Crippen molar-refractivity contribution in [3.63, 3.8) is 0 Å². The average molecular weight is 601 g/mol. The number of hydrogen-bond donors (Lipinski definition) is 0. The molecule has 3 saturated heterocycles. The molecule has 0 amide bonds. The van der Waals surface area contributed by atoms with Crippen LogP contribution in [0.1, 0.15) is 58.8 Å². The Morgan fingerprint density at radius 3 is 2.34 bits per heavy atom. The summed E-state index contributed by atoms with van der Waals surface area (Å²) in [6.45, 7) is 10.4. The van der Waals surface area contributed by atoms with Crippen molar-refractivity contribution < 1.29 is 51.6 Å². The van der Waals surface area contributed by atoms with Crippen LogP contribution in [0, 0.1) is 35.5 Å². The molecule has 3 heterocycles. The number of ether oxygens (including phenoxy) is 6. The van der Waals surface area contributed by atoms with Crippen molar-refractivity contribution in [2.45, 2.75) is 127 Å². The fourth-order valence-electron chi connectivity index (χ4n) is 7.94. The zero-order valence-corrected chi connectivity index (χ0v) is 25.4. The Balaban J connectivity index is 1.00. The summed E-state index contributed by atoms with van der Waals surface area (Å²) in [6.07, 6.45) is -5.33. The molecule has 0 aromatic carbocycles. The van der Waals surface area contributed by atoms with Crippen molar-refractivity contribution in [1.29, 1.82) is 0 Å². The maximum Gasteiger partial charge on any atom is 0.399 e. The standard InChI is InChI=1S/C29H42F2O9Si/c1-14-15(2)18-12-17(14)13-19(18)25(33)36-22-20-21(35-26(22)34)23-27(37-20)40-28(38-23)8-6-16(7-9-28)24(32)39-29(30,31)10-11-41(3,4)5/h14-23,27H,6-13H2,1-5H3. The van der Waals surface area contributed by atoms with E-state index in [1.165, 1.54) is 0 Å². The predicted octanol–water partition coefficient (Wildman–Crippen LogP) is 4.64. The second-order valence-corrected chi connectivity index (χ2v) is 20.1. The number of alkyl halides is 2. The SMILES string of the molecule is CC1C2CC(C(=O)OC3C(=O)OC4C5OC6(CCC(C(=O)OC(F)(F)CC[Si](C)(C)C)CC6)OC5OC34)C(C2)C1C. The van der Waals surface area contributed by atoms with Crippen molar-refractivity contribution in [3.05, 3.63) is 0 Å². The third-order valence-corrected chi connectivity index (χ3v) is 12.4. The first-order valence-corrected chi connectivity index (χ1v) is 18.9. The lowest BCUT2D eigenvalue weighted by Gasteiger charge is -2.36. The Hall–Kier alpha value is -1.63. The van der Waals surface area contributed by atoms with E-state index in [4.69, 9.17) is 23.7 Å². The topological polar surface area (TPSA) is 107 Å². The van der Waals surface area contributed by atoms with Crippen LogP contribution in [0.25, 0.3) is 0 Å². The van der Waals surface area contributed by atoms with Crippen LogP contribution >= 0.6 is 0 Å². The minimum atomic E-state index is -3.48. The van der Waals surface area contributed by atoms with Crippen molar-refractivity contribution in [2.75, 3.05) is 0 Å². The zero-order valence-electron chi connectivity index (χ0n) is 24.4. The van der Waals surface area contributed by atoms with Crippen LogP contribution in [0.2, 0.25) is 25.7 Å². The first kappa shape index (κ1) is 29.4. The second-order valence-electron chi connectivity index (χ2n) is 14.5. The zero-order chi connectivity index (χ0) is 29.5. The molecule has 230 valence electrons. The molecular formula is C29H42F2O9Si. The third-order valence-electron chi connectivity index (χ3n) is 10.6. The summed E-state index contributed by atoms with van der Waals surface area (Å²) in [5.74, 6) is -2.05. The molecule has 2 bridgehead atoms. The highest BCUT2D eigenvalue weighted by atomic mass is 28.3. The molecule has 9 nitrogen and oxygen atoms in total. The van der Waals surface area contributed by atoms with Crippen LogP contribution in [0.15, 0.2) is 0 Å². The lowest BCUT2D eigenvalue weighted by atomic mass is 9.76. The smallest absolute Gasteiger partial charge is 0.399 e. The van der Waals surface area contributed by atoms with Crippen molar-refractivity contribution >= 4 is 26.0 Å². The lowest BCUT2D eigenvalue weighted by molar-refractivity contribution is -0.256. The van der Waals surface area contributed by atoms with Crippen LogP contribution < -0.4 is 0 Å². The minimum absolute atomic E-state index is 0.211. The maximum atomic E-state index is 14.3. The molecule has 12 heteroatoms. The molecule has 10 atom stereocenters. The molecule has 0 aromatic rings. The molecule has 0 aromatic heterocycles. The van der Waals surface area contributed by atoms with Gasteiger partial charge in [-0.25, -0.2) is 4.79 Å². The number of carbonyl (C=O) groups is 3. The van der Waals surface area contributed by atoms with E-state index in [0.29, 0.717) is 23.8 Å². The number of fused-ring (bicyclic) bond motifs is 5. The van der Waals surface area contributed by atoms with E-state index in [0.717, 1.165) is 12.8 Å². The molecule has 0 radical (unpaired) electrons. The molecule has 1 spiro atoms. The number of carbonyl (C=O) groups excluding carboxylic acids is 3. The summed E-state index contributed by atoms with van der Waals surface area (Å²) >= 11 is 0. The fourth-order valence-corrected chi connectivity index (χ4v) is 8.98. The number of hydrogen-bond acceptors (Lipinski definition) is 9. The summed E-state index contributed by atoms with van der Waals surface area (Å²) in [7, 11) is -1.70. The van der Waals surface area contributed by atoms with Crippen LogP contribution in [0.5, 0.6) is 0 Å². The minimum Gasteiger partial charge on any atom is -0.454 e. The van der Waals surface area contributed by atoms with Gasteiger partial charge in [0.2, 0.25) is 6.10 Å². The van der Waals surface area contributed by atoms with Gasteiger partial charge in [0.05, 0.1) is 11.8 Å². The Morgan fingerprint density at radius 1 is 1.00 bits per heavy atom. The van der Waals surface area contributed by atoms with Gasteiger partial charge in [-0.2, -0.15) is 8.78 Å². The van der Waals surface area contributed by atoms with Gasteiger partial charge in [0.25, 0.3) is 0 Å². The molecule has 6 rings (SSSR count). The monoisotopic (exact) mass is 600 g/mol. The van der Waals surface area contributed by atoms with Gasteiger partial charge < -0.3 is 28.4 Å². The van der Waals surface area contributed by atoms with Crippen LogP contribution in [-0.2, 0) is 42.8 Å². The van der Waals surface area contributed by atoms with E-state index in [9.17, 15) is 23.2 Å². The van der Waals surface area contributed by atoms with E-state index in [2.05, 4.69) is 18.6 Å². The summed E-state index contributed by atoms with van der Waals surface area (Å²) in [4.78, 5) is 38.3. The summed E-state index contributed by atoms with van der Waals surface area (Å²) in [6, 6.07) is 0.359. The van der Waals surface area contributed by atoms with E-state index < -0.39 is 75.0 Å². The van der Waals surface area contributed by atoms with Crippen LogP contribution in [0.4, 0.5) is 8.78 Å². The van der Waals surface area contributed by atoms with Gasteiger partial charge in [-0.3, -0.25) is 9.59 Å². The molecule has 6 aliphatic rings. The summed E-state index contributed by atoms with van der Waals surface area (Å²) in [5.41, 5.74) is 0. The largest absolute Gasteiger partial charge is 0.454 e. The van der Waals surface area contributed by atoms with E-state index >= 15 is 0 Å². The first-order valence-electron chi connectivity index (χ1n) is 15.2. The average Bonchev–Trinajstić information content (AvgIpc) is 3.67. The molecule has 3 aliphatic heterocycles. The molecule has 10 unspecified atom stereocenters. The normalized spacial score (nSPS) is 45.0. The van der Waals surface area contributed by atoms with Gasteiger partial charge in [-0.1, -0.05) is 33.5 Å². The van der Waals surface area contributed by atoms with Gasteiger partial charge >= 0.3 is 24.0 Å². The number of esters is 3. The summed E-state index contributed by atoms with van der Waals surface area (Å²) in [5, 5.41) is 0. The highest BCUT2D eigenvalue weighted by molar-refractivity contribution is 6.76. The Kier molecular flexibility index (Phi) is 7.35. The Morgan fingerprint density at radius 2 is 1.71 bits per heavy atom. The highest BCUT2D eigenvalue weighted by Crippen LogP contribution is 2.56. The molecule has 41 heavy (non-hydrogen) atoms. The van der Waals surface area contributed by atoms with Gasteiger partial charge in [-0.15, -0.1) is 0 Å². The molecule has 6 fully saturated rings. The van der Waals surface area contributed by atoms with Gasteiger partial charge in [0.1, 0.15) is 6.10 Å². The van der Waals surface area contributed by atoms with E-state index in [1.54, 1.807) is 0 Å². The highest BCUT2D eigenvalue weighted by Gasteiger charge is 2.66. The second kappa shape index (κ2) is 10.2. The third kappa shape index (κ3) is 5.46. The Bertz CT molecular complexity index is 1070. The van der Waals surface area contributed by atoms with Crippen molar-refractivity contribution in [2.24, 2.45) is 35.5 Å². The molecule has 3 aliphatic carbocycles. The van der Waals surface area contributed by atoms with Gasteiger partial charge in [0.15, 0.2) is 24.3 Å².